The second kappa shape index (κ2) is 18.3. The van der Waals surface area contributed by atoms with Crippen molar-refractivity contribution in [2.24, 2.45) is 0 Å². The summed E-state index contributed by atoms with van der Waals surface area (Å²) in [5.41, 5.74) is 3.26. The number of carboxylic acid groups (broad SMARTS) is 4. The van der Waals surface area contributed by atoms with Crippen LogP contribution in [0.4, 0.5) is 13.6 Å². The van der Waals surface area contributed by atoms with Crippen molar-refractivity contribution in [3.63, 3.8) is 0 Å². The van der Waals surface area contributed by atoms with E-state index in [-0.39, 0.29) is 29.6 Å². The van der Waals surface area contributed by atoms with Gasteiger partial charge in [0.25, 0.3) is 0 Å². The first-order chi connectivity index (χ1) is 22.8. The van der Waals surface area contributed by atoms with Crippen LogP contribution in [0.1, 0.15) is 41.5 Å². The smallest absolute Gasteiger partial charge is 0.328 e. The summed E-state index contributed by atoms with van der Waals surface area (Å²) in [4.78, 5) is 57.0. The molecule has 2 saturated heterocycles. The third kappa shape index (κ3) is 11.9. The minimum absolute atomic E-state index is 0.0523. The number of nitrogens with zero attached hydrogens (tertiary/aromatic N) is 3. The van der Waals surface area contributed by atoms with Crippen LogP contribution in [0.25, 0.3) is 0 Å². The summed E-state index contributed by atoms with van der Waals surface area (Å²) in [5, 5.41) is 34.2. The normalized spacial score (nSPS) is 19.5. The van der Waals surface area contributed by atoms with Crippen LogP contribution in [0.15, 0.2) is 66.8 Å². The monoisotopic (exact) mass is 672 g/mol. The van der Waals surface area contributed by atoms with Gasteiger partial charge in [-0.15, -0.1) is 0 Å². The van der Waals surface area contributed by atoms with Crippen molar-refractivity contribution >= 4 is 29.9 Å². The molecule has 0 aromatic heterocycles. The number of fused-ring (bicyclic) bond motifs is 1. The first-order valence-electron chi connectivity index (χ1n) is 15.2. The summed E-state index contributed by atoms with van der Waals surface area (Å²) in [7, 11) is 0. The number of halogens is 2. The fraction of sp³-hybridized carbons (Fsp3) is 0.364. The minimum Gasteiger partial charge on any atom is -0.478 e. The summed E-state index contributed by atoms with van der Waals surface area (Å²) in [6, 6.07) is 12.1. The molecule has 0 saturated carbocycles. The van der Waals surface area contributed by atoms with Crippen molar-refractivity contribution in [1.82, 2.24) is 20.0 Å². The number of rotatable bonds is 9. The Balaban J connectivity index is 0.000000325. The molecule has 2 unspecified atom stereocenters. The molecule has 1 aliphatic carbocycles. The predicted molar refractivity (Wildman–Crippen MR) is 168 cm³/mol. The molecule has 2 fully saturated rings. The average molecular weight is 673 g/mol. The second-order valence-electron chi connectivity index (χ2n) is 11.1. The fourth-order valence-corrected chi connectivity index (χ4v) is 5.72. The first kappa shape index (κ1) is 37.3. The highest BCUT2D eigenvalue weighted by atomic mass is 19.1. The van der Waals surface area contributed by atoms with Gasteiger partial charge < -0.3 is 30.6 Å². The highest BCUT2D eigenvalue weighted by Gasteiger charge is 2.37. The lowest BCUT2D eigenvalue weighted by atomic mass is 9.93. The summed E-state index contributed by atoms with van der Waals surface area (Å²) >= 11 is 0. The van der Waals surface area contributed by atoms with Gasteiger partial charge in [0.15, 0.2) is 0 Å². The van der Waals surface area contributed by atoms with Gasteiger partial charge in [-0.1, -0.05) is 18.2 Å². The molecule has 2 amide bonds. The van der Waals surface area contributed by atoms with Crippen molar-refractivity contribution < 1.29 is 53.2 Å². The lowest BCUT2D eigenvalue weighted by molar-refractivity contribution is -0.134. The first-order valence-corrected chi connectivity index (χ1v) is 15.2. The molecule has 0 spiro atoms. The highest BCUT2D eigenvalue weighted by Crippen LogP contribution is 2.47. The number of carboxylic acids is 4. The van der Waals surface area contributed by atoms with Crippen LogP contribution < -0.4 is 5.32 Å². The summed E-state index contributed by atoms with van der Waals surface area (Å²) in [6.07, 6.45) is 4.13. The van der Waals surface area contributed by atoms with Gasteiger partial charge in [0.05, 0.1) is 0 Å². The van der Waals surface area contributed by atoms with E-state index in [2.05, 4.69) is 15.1 Å². The van der Waals surface area contributed by atoms with Crippen LogP contribution in [0, 0.1) is 11.6 Å². The van der Waals surface area contributed by atoms with Crippen molar-refractivity contribution in [2.75, 3.05) is 52.4 Å². The van der Waals surface area contributed by atoms with Gasteiger partial charge in [0.1, 0.15) is 11.6 Å². The molecule has 2 aromatic carbocycles. The zero-order chi connectivity index (χ0) is 35.2. The Morgan fingerprint density at radius 3 is 1.79 bits per heavy atom. The lowest BCUT2D eigenvalue weighted by Gasteiger charge is -2.39. The molecule has 15 heteroatoms. The molecule has 2 aliphatic heterocycles. The molecule has 0 radical (unpaired) electrons. The van der Waals surface area contributed by atoms with Crippen molar-refractivity contribution in [1.29, 1.82) is 0 Å². The van der Waals surface area contributed by atoms with Crippen LogP contribution in [-0.4, -0.2) is 117 Å². The van der Waals surface area contributed by atoms with E-state index in [1.54, 1.807) is 12.1 Å². The summed E-state index contributed by atoms with van der Waals surface area (Å²) in [5.74, 6) is -5.41. The van der Waals surface area contributed by atoms with Gasteiger partial charge in [-0.2, -0.15) is 0 Å². The Kier molecular flexibility index (Phi) is 14.2. The number of benzene rings is 2. The van der Waals surface area contributed by atoms with Crippen LogP contribution in [0.5, 0.6) is 0 Å². The predicted octanol–water partition coefficient (Wildman–Crippen LogP) is 3.00. The second-order valence-corrected chi connectivity index (χ2v) is 11.1. The lowest BCUT2D eigenvalue weighted by Crippen LogP contribution is -2.52. The SMILES string of the molecule is O=C(O)/C=C\C(=O)O.O=C(O)/C=C\C(=O)O.O=C1NCCCN1CCN1CCN(C2CC(c3ccc(F)cc3)c3cc(F)ccc32)CC1. The van der Waals surface area contributed by atoms with Crippen molar-refractivity contribution in [2.45, 2.75) is 24.8 Å². The van der Waals surface area contributed by atoms with Crippen LogP contribution in [0.2, 0.25) is 0 Å². The number of hydrogen-bond acceptors (Lipinski definition) is 7. The Morgan fingerprint density at radius 2 is 1.27 bits per heavy atom. The van der Waals surface area contributed by atoms with Crippen molar-refractivity contribution in [3.05, 3.63) is 95.1 Å². The molecule has 2 heterocycles. The maximum Gasteiger partial charge on any atom is 0.328 e. The maximum absolute atomic E-state index is 14.1. The van der Waals surface area contributed by atoms with E-state index in [1.165, 1.54) is 17.7 Å². The van der Waals surface area contributed by atoms with Crippen LogP contribution in [0.3, 0.4) is 0 Å². The zero-order valence-corrected chi connectivity index (χ0v) is 26.0. The van der Waals surface area contributed by atoms with E-state index in [1.807, 2.05) is 23.1 Å². The van der Waals surface area contributed by atoms with Crippen LogP contribution >= 0.6 is 0 Å². The molecule has 13 nitrogen and oxygen atoms in total. The fourth-order valence-electron chi connectivity index (χ4n) is 5.72. The molecule has 5 N–H and O–H groups in total. The highest BCUT2D eigenvalue weighted by molar-refractivity contribution is 5.90. The quantitative estimate of drug-likeness (QED) is 0.247. The Morgan fingerprint density at radius 1 is 0.729 bits per heavy atom. The number of hydrogen-bond donors (Lipinski definition) is 5. The molecule has 48 heavy (non-hydrogen) atoms. The number of urea groups is 1. The Labute approximate surface area is 275 Å². The minimum atomic E-state index is -1.26. The van der Waals surface area contributed by atoms with E-state index in [9.17, 15) is 32.8 Å². The van der Waals surface area contributed by atoms with E-state index in [0.29, 0.717) is 24.3 Å². The Bertz CT molecular complexity index is 1440. The van der Waals surface area contributed by atoms with E-state index >= 15 is 0 Å². The van der Waals surface area contributed by atoms with Gasteiger partial charge in [0, 0.05) is 88.6 Å². The molecule has 5 rings (SSSR count). The van der Waals surface area contributed by atoms with E-state index in [0.717, 1.165) is 76.3 Å². The largest absolute Gasteiger partial charge is 0.478 e. The summed E-state index contributed by atoms with van der Waals surface area (Å²) in [6.45, 7) is 7.10. The zero-order valence-electron chi connectivity index (χ0n) is 26.0. The van der Waals surface area contributed by atoms with Gasteiger partial charge in [0.2, 0.25) is 0 Å². The molecular formula is C33H38F2N4O9. The van der Waals surface area contributed by atoms with Crippen molar-refractivity contribution in [3.8, 4) is 0 Å². The number of amides is 2. The van der Waals surface area contributed by atoms with Gasteiger partial charge in [-0.05, 0) is 53.8 Å². The number of piperazine rings is 1. The number of carbonyl (C=O) groups excluding carboxylic acids is 1. The van der Waals surface area contributed by atoms with Crippen LogP contribution in [-0.2, 0) is 19.2 Å². The summed E-state index contributed by atoms with van der Waals surface area (Å²) < 4.78 is 27.5. The number of carbonyl (C=O) groups is 5. The topological polar surface area (TPSA) is 188 Å². The molecule has 0 bridgehead atoms. The van der Waals surface area contributed by atoms with E-state index < -0.39 is 23.9 Å². The Hall–Kier alpha value is -5.15. The van der Waals surface area contributed by atoms with E-state index in [4.69, 9.17) is 20.4 Å². The number of aliphatic carboxylic acids is 4. The third-order valence-corrected chi connectivity index (χ3v) is 7.95. The molecule has 2 aromatic rings. The van der Waals surface area contributed by atoms with Gasteiger partial charge >= 0.3 is 29.9 Å². The number of nitrogens with one attached hydrogen (secondary N) is 1. The third-order valence-electron chi connectivity index (χ3n) is 7.95. The molecule has 258 valence electrons. The standard InChI is InChI=1S/C25H30F2N4O.2C4H4O4/c26-19-4-2-18(3-5-19)22-17-24(21-7-6-20(27)16-23(21)22)30-13-10-29(11-14-30)12-15-31-9-1-8-28-25(31)32;2*5-3(6)1-2-4(7)8/h2-7,16,22,24H,1,8-15,17H2,(H,28,32);2*1-2H,(H,5,6)(H,7,8)/b;2*2-1-. The molecule has 3 aliphatic rings. The molecule has 2 atom stereocenters. The van der Waals surface area contributed by atoms with Gasteiger partial charge in [-0.3, -0.25) is 9.80 Å². The maximum atomic E-state index is 14.1. The van der Waals surface area contributed by atoms with Gasteiger partial charge in [-0.25, -0.2) is 32.8 Å². The molecular weight excluding hydrogens is 634 g/mol. The average Bonchev–Trinajstić information content (AvgIpc) is 3.42.